The lowest BCUT2D eigenvalue weighted by Crippen LogP contribution is -2.45. The van der Waals surface area contributed by atoms with E-state index in [2.05, 4.69) is 27.3 Å². The Balaban J connectivity index is 1.40. The minimum Gasteiger partial charge on any atom is -0.347 e. The number of halogens is 1. The molecule has 1 fully saturated rings. The smallest absolute Gasteiger partial charge is 0.263 e. The SMILES string of the molecule is Cc1nc(N2CCN(Cc3ccccc3)C2N)sc1C(=O)NCc1ccc(F)cc1. The van der Waals surface area contributed by atoms with Gasteiger partial charge in [-0.3, -0.25) is 15.4 Å². The average molecular weight is 426 g/mol. The van der Waals surface area contributed by atoms with Crippen LogP contribution in [-0.2, 0) is 13.1 Å². The van der Waals surface area contributed by atoms with Crippen molar-refractivity contribution in [3.63, 3.8) is 0 Å². The van der Waals surface area contributed by atoms with Crippen molar-refractivity contribution in [3.05, 3.63) is 82.1 Å². The van der Waals surface area contributed by atoms with Crippen molar-refractivity contribution in [2.45, 2.75) is 26.3 Å². The summed E-state index contributed by atoms with van der Waals surface area (Å²) in [5, 5.41) is 3.63. The summed E-state index contributed by atoms with van der Waals surface area (Å²) in [6.07, 6.45) is -0.286. The molecule has 2 aromatic carbocycles. The predicted octanol–water partition coefficient (Wildman–Crippen LogP) is 3.09. The van der Waals surface area contributed by atoms with Gasteiger partial charge in [0.25, 0.3) is 5.91 Å². The van der Waals surface area contributed by atoms with E-state index in [1.165, 1.54) is 29.0 Å². The van der Waals surface area contributed by atoms with Crippen LogP contribution in [0.15, 0.2) is 54.6 Å². The van der Waals surface area contributed by atoms with Gasteiger partial charge < -0.3 is 10.2 Å². The molecule has 0 saturated carbocycles. The zero-order valence-electron chi connectivity index (χ0n) is 16.7. The molecule has 6 nitrogen and oxygen atoms in total. The number of aromatic nitrogens is 1. The molecule has 1 aromatic heterocycles. The number of amides is 1. The van der Waals surface area contributed by atoms with E-state index in [1.807, 2.05) is 30.0 Å². The van der Waals surface area contributed by atoms with E-state index >= 15 is 0 Å². The fourth-order valence-electron chi connectivity index (χ4n) is 3.48. The van der Waals surface area contributed by atoms with Crippen LogP contribution in [-0.4, -0.2) is 35.2 Å². The van der Waals surface area contributed by atoms with Crippen LogP contribution in [0.3, 0.4) is 0 Å². The molecule has 1 amide bonds. The van der Waals surface area contributed by atoms with Crippen LogP contribution in [0.5, 0.6) is 0 Å². The summed E-state index contributed by atoms with van der Waals surface area (Å²) >= 11 is 1.35. The minimum absolute atomic E-state index is 0.186. The summed E-state index contributed by atoms with van der Waals surface area (Å²) in [6, 6.07) is 16.3. The normalized spacial score (nSPS) is 16.8. The summed E-state index contributed by atoms with van der Waals surface area (Å²) in [6.45, 7) is 4.53. The third-order valence-electron chi connectivity index (χ3n) is 5.15. The molecule has 30 heavy (non-hydrogen) atoms. The molecular weight excluding hydrogens is 401 g/mol. The van der Waals surface area contributed by atoms with Crippen molar-refractivity contribution in [2.24, 2.45) is 5.73 Å². The largest absolute Gasteiger partial charge is 0.347 e. The topological polar surface area (TPSA) is 74.5 Å². The first-order valence-electron chi connectivity index (χ1n) is 9.81. The molecule has 4 rings (SSSR count). The summed E-state index contributed by atoms with van der Waals surface area (Å²) in [4.78, 5) is 22.0. The number of nitrogens with two attached hydrogens (primary N) is 1. The Morgan fingerprint density at radius 2 is 1.90 bits per heavy atom. The van der Waals surface area contributed by atoms with Gasteiger partial charge in [-0.2, -0.15) is 0 Å². The highest BCUT2D eigenvalue weighted by atomic mass is 32.1. The molecule has 1 unspecified atom stereocenters. The van der Waals surface area contributed by atoms with E-state index in [9.17, 15) is 9.18 Å². The number of aryl methyl sites for hydroxylation is 1. The summed E-state index contributed by atoms with van der Waals surface area (Å²) < 4.78 is 13.0. The predicted molar refractivity (Wildman–Crippen MR) is 117 cm³/mol. The van der Waals surface area contributed by atoms with Crippen molar-refractivity contribution in [2.75, 3.05) is 18.0 Å². The van der Waals surface area contributed by atoms with Gasteiger partial charge in [0.1, 0.15) is 17.0 Å². The number of nitrogens with one attached hydrogen (secondary N) is 1. The summed E-state index contributed by atoms with van der Waals surface area (Å²) in [5.74, 6) is -0.481. The van der Waals surface area contributed by atoms with Gasteiger partial charge in [-0.05, 0) is 30.2 Å². The minimum atomic E-state index is -0.295. The quantitative estimate of drug-likeness (QED) is 0.635. The number of carbonyl (C=O) groups excluding carboxylic acids is 1. The van der Waals surface area contributed by atoms with Crippen LogP contribution in [0.1, 0.15) is 26.5 Å². The van der Waals surface area contributed by atoms with Gasteiger partial charge in [0, 0.05) is 26.2 Å². The highest BCUT2D eigenvalue weighted by molar-refractivity contribution is 7.17. The molecule has 3 aromatic rings. The molecule has 3 N–H and O–H groups in total. The number of thiazole rings is 1. The van der Waals surface area contributed by atoms with E-state index in [0.29, 0.717) is 17.1 Å². The molecule has 1 saturated heterocycles. The Bertz CT molecular complexity index is 1010. The van der Waals surface area contributed by atoms with Gasteiger partial charge >= 0.3 is 0 Å². The highest BCUT2D eigenvalue weighted by Crippen LogP contribution is 2.30. The number of hydrogen-bond donors (Lipinski definition) is 2. The molecule has 0 spiro atoms. The maximum atomic E-state index is 13.0. The standard InChI is InChI=1S/C22H24FN5OS/c1-15-19(20(29)25-13-16-7-9-18(23)10-8-16)30-22(26-15)28-12-11-27(21(28)24)14-17-5-3-2-4-6-17/h2-10,21H,11-14,24H2,1H3,(H,25,29). The molecular formula is C22H24FN5OS. The Morgan fingerprint density at radius 1 is 1.17 bits per heavy atom. The number of rotatable bonds is 6. The number of anilines is 1. The van der Waals surface area contributed by atoms with Crippen molar-refractivity contribution >= 4 is 22.4 Å². The zero-order valence-corrected chi connectivity index (χ0v) is 17.5. The van der Waals surface area contributed by atoms with Gasteiger partial charge in [-0.1, -0.05) is 53.8 Å². The molecule has 0 radical (unpaired) electrons. The number of hydrogen-bond acceptors (Lipinski definition) is 6. The molecule has 1 aliphatic rings. The second-order valence-corrected chi connectivity index (χ2v) is 8.26. The monoisotopic (exact) mass is 425 g/mol. The average Bonchev–Trinajstić information content (AvgIpc) is 3.31. The molecule has 8 heteroatoms. The van der Waals surface area contributed by atoms with Crippen LogP contribution >= 0.6 is 11.3 Å². The van der Waals surface area contributed by atoms with Crippen molar-refractivity contribution in [1.82, 2.24) is 15.2 Å². The van der Waals surface area contributed by atoms with E-state index in [0.717, 1.165) is 30.3 Å². The van der Waals surface area contributed by atoms with Crippen molar-refractivity contribution in [3.8, 4) is 0 Å². The number of benzene rings is 2. The first kappa shape index (κ1) is 20.5. The van der Waals surface area contributed by atoms with E-state index < -0.39 is 0 Å². The Kier molecular flexibility index (Phi) is 6.08. The van der Waals surface area contributed by atoms with Crippen LogP contribution in [0.4, 0.5) is 9.52 Å². The molecule has 0 aliphatic carbocycles. The number of carbonyl (C=O) groups is 1. The van der Waals surface area contributed by atoms with Crippen LogP contribution in [0.25, 0.3) is 0 Å². The van der Waals surface area contributed by atoms with Crippen molar-refractivity contribution < 1.29 is 9.18 Å². The maximum Gasteiger partial charge on any atom is 0.263 e. The van der Waals surface area contributed by atoms with Gasteiger partial charge in [0.05, 0.1) is 5.69 Å². The Labute approximate surface area is 179 Å². The second-order valence-electron chi connectivity index (χ2n) is 7.28. The lowest BCUT2D eigenvalue weighted by Gasteiger charge is -2.26. The Hall–Kier alpha value is -2.81. The van der Waals surface area contributed by atoms with Gasteiger partial charge in [0.2, 0.25) is 0 Å². The fourth-order valence-corrected chi connectivity index (χ4v) is 4.52. The fraction of sp³-hybridized carbons (Fsp3) is 0.273. The molecule has 0 bridgehead atoms. The van der Waals surface area contributed by atoms with Crippen LogP contribution < -0.4 is 16.0 Å². The maximum absolute atomic E-state index is 13.0. The van der Waals surface area contributed by atoms with E-state index in [1.54, 1.807) is 12.1 Å². The third kappa shape index (κ3) is 4.51. The molecule has 1 aliphatic heterocycles. The second kappa shape index (κ2) is 8.91. The zero-order chi connectivity index (χ0) is 21.1. The van der Waals surface area contributed by atoms with Gasteiger partial charge in [-0.25, -0.2) is 9.37 Å². The van der Waals surface area contributed by atoms with Gasteiger partial charge in [0.15, 0.2) is 5.13 Å². The molecule has 1 atom stereocenters. The van der Waals surface area contributed by atoms with Crippen molar-refractivity contribution in [1.29, 1.82) is 0 Å². The lowest BCUT2D eigenvalue weighted by molar-refractivity contribution is 0.0954. The lowest BCUT2D eigenvalue weighted by atomic mass is 10.2. The highest BCUT2D eigenvalue weighted by Gasteiger charge is 2.31. The summed E-state index contributed by atoms with van der Waals surface area (Å²) in [5.41, 5.74) is 9.21. The molecule has 156 valence electrons. The first-order valence-corrected chi connectivity index (χ1v) is 10.6. The Morgan fingerprint density at radius 3 is 2.63 bits per heavy atom. The third-order valence-corrected chi connectivity index (χ3v) is 6.35. The van der Waals surface area contributed by atoms with E-state index in [4.69, 9.17) is 5.73 Å². The summed E-state index contributed by atoms with van der Waals surface area (Å²) in [7, 11) is 0. The van der Waals surface area contributed by atoms with Crippen LogP contribution in [0.2, 0.25) is 0 Å². The first-order chi connectivity index (χ1) is 14.5. The van der Waals surface area contributed by atoms with E-state index in [-0.39, 0.29) is 18.0 Å². The van der Waals surface area contributed by atoms with Gasteiger partial charge in [-0.15, -0.1) is 0 Å². The number of nitrogens with zero attached hydrogens (tertiary/aromatic N) is 3. The molecule has 2 heterocycles. The van der Waals surface area contributed by atoms with Crippen LogP contribution in [0, 0.1) is 12.7 Å².